The molecule has 1 unspecified atom stereocenters. The maximum absolute atomic E-state index is 12.4. The zero-order chi connectivity index (χ0) is 24.2. The van der Waals surface area contributed by atoms with Crippen molar-refractivity contribution in [1.82, 2.24) is 5.32 Å². The normalized spacial score (nSPS) is 13.9. The summed E-state index contributed by atoms with van der Waals surface area (Å²) >= 11 is 0. The highest BCUT2D eigenvalue weighted by molar-refractivity contribution is 6.06. The first-order chi connectivity index (χ1) is 15.4. The highest BCUT2D eigenvalue weighted by atomic mass is 16.5. The molecule has 0 aromatic carbocycles. The predicted molar refractivity (Wildman–Crippen MR) is 136 cm³/mol. The molecule has 0 amide bonds. The van der Waals surface area contributed by atoms with Crippen molar-refractivity contribution in [3.8, 4) is 0 Å². The summed E-state index contributed by atoms with van der Waals surface area (Å²) in [7, 11) is 0. The predicted octanol–water partition coefficient (Wildman–Crippen LogP) is 5.98. The van der Waals surface area contributed by atoms with Gasteiger partial charge in [0.15, 0.2) is 11.6 Å². The fourth-order valence-corrected chi connectivity index (χ4v) is 2.89. The van der Waals surface area contributed by atoms with Crippen molar-refractivity contribution in [2.24, 2.45) is 5.92 Å². The molecule has 0 radical (unpaired) electrons. The molecule has 0 fully saturated rings. The largest absolute Gasteiger partial charge is 0.486 e. The van der Waals surface area contributed by atoms with Crippen LogP contribution in [0.15, 0.2) is 97.4 Å². The maximum Gasteiger partial charge on any atom is 0.185 e. The van der Waals surface area contributed by atoms with E-state index in [1.54, 1.807) is 30.4 Å². The molecule has 174 valence electrons. The van der Waals surface area contributed by atoms with Gasteiger partial charge in [-0.1, -0.05) is 75.6 Å². The fourth-order valence-electron chi connectivity index (χ4n) is 2.89. The first-order valence-electron chi connectivity index (χ1n) is 11.1. The molecule has 0 spiro atoms. The number of rotatable bonds is 18. The van der Waals surface area contributed by atoms with Crippen LogP contribution >= 0.6 is 0 Å². The lowest BCUT2D eigenvalue weighted by Crippen LogP contribution is -2.22. The van der Waals surface area contributed by atoms with Crippen molar-refractivity contribution in [3.05, 3.63) is 97.4 Å². The SMILES string of the molecule is C=C/C=C(\C=C)CNCCC(CC)CC(=O)CO/C(C=C)=C/C=C/C(=O)C(/C=C\C)=C/C. The minimum atomic E-state index is -0.0964. The number of allylic oxidation sites excluding steroid dienone is 10. The Morgan fingerprint density at radius 1 is 1.06 bits per heavy atom. The lowest BCUT2D eigenvalue weighted by atomic mass is 9.96. The van der Waals surface area contributed by atoms with E-state index in [0.717, 1.165) is 31.5 Å². The van der Waals surface area contributed by atoms with Crippen LogP contribution in [-0.2, 0) is 14.3 Å². The van der Waals surface area contributed by atoms with Crippen molar-refractivity contribution >= 4 is 11.6 Å². The second kappa shape index (κ2) is 18.8. The zero-order valence-corrected chi connectivity index (χ0v) is 19.9. The van der Waals surface area contributed by atoms with Gasteiger partial charge in [0.1, 0.15) is 12.4 Å². The Labute approximate surface area is 194 Å². The van der Waals surface area contributed by atoms with Gasteiger partial charge in [0.05, 0.1) is 0 Å². The molecule has 0 heterocycles. The van der Waals surface area contributed by atoms with Gasteiger partial charge in [-0.3, -0.25) is 9.59 Å². The summed E-state index contributed by atoms with van der Waals surface area (Å²) in [5, 5.41) is 3.38. The molecule has 0 aromatic rings. The Kier molecular flexibility index (Phi) is 17.0. The zero-order valence-electron chi connectivity index (χ0n) is 19.9. The number of carbonyl (C=O) groups is 2. The van der Waals surface area contributed by atoms with Crippen LogP contribution in [0.1, 0.15) is 40.0 Å². The van der Waals surface area contributed by atoms with E-state index in [9.17, 15) is 9.59 Å². The van der Waals surface area contributed by atoms with Gasteiger partial charge in [-0.25, -0.2) is 0 Å². The van der Waals surface area contributed by atoms with Gasteiger partial charge >= 0.3 is 0 Å². The lowest BCUT2D eigenvalue weighted by molar-refractivity contribution is -0.123. The van der Waals surface area contributed by atoms with Crippen LogP contribution in [0.4, 0.5) is 0 Å². The van der Waals surface area contributed by atoms with Crippen LogP contribution in [0.25, 0.3) is 0 Å². The van der Waals surface area contributed by atoms with E-state index in [4.69, 9.17) is 4.74 Å². The summed E-state index contributed by atoms with van der Waals surface area (Å²) in [4.78, 5) is 24.4. The smallest absolute Gasteiger partial charge is 0.185 e. The second-order valence-electron chi connectivity index (χ2n) is 7.19. The minimum absolute atomic E-state index is 0.00899. The minimum Gasteiger partial charge on any atom is -0.486 e. The molecule has 0 aliphatic rings. The molecule has 32 heavy (non-hydrogen) atoms. The van der Waals surface area contributed by atoms with Gasteiger partial charge in [-0.15, -0.1) is 0 Å². The Balaban J connectivity index is 4.55. The van der Waals surface area contributed by atoms with Crippen LogP contribution < -0.4 is 5.32 Å². The van der Waals surface area contributed by atoms with Crippen molar-refractivity contribution in [2.75, 3.05) is 19.7 Å². The fraction of sp³-hybridized carbons (Fsp3) is 0.357. The van der Waals surface area contributed by atoms with Crippen LogP contribution in [-0.4, -0.2) is 31.3 Å². The van der Waals surface area contributed by atoms with Gasteiger partial charge in [-0.05, 0) is 56.5 Å². The summed E-state index contributed by atoms with van der Waals surface area (Å²) in [6.45, 7) is 18.5. The van der Waals surface area contributed by atoms with E-state index < -0.39 is 0 Å². The van der Waals surface area contributed by atoms with E-state index in [1.165, 1.54) is 12.2 Å². The first kappa shape index (κ1) is 29.0. The number of Topliss-reactive ketones (excluding diaryl/α,β-unsaturated/α-hetero) is 1. The Hall–Kier alpha value is -2.98. The molecule has 4 heteroatoms. The van der Waals surface area contributed by atoms with E-state index in [2.05, 4.69) is 32.0 Å². The van der Waals surface area contributed by atoms with Crippen LogP contribution in [0.2, 0.25) is 0 Å². The lowest BCUT2D eigenvalue weighted by Gasteiger charge is -2.15. The number of ketones is 2. The molecule has 0 bridgehead atoms. The summed E-state index contributed by atoms with van der Waals surface area (Å²) in [5.41, 5.74) is 1.70. The summed E-state index contributed by atoms with van der Waals surface area (Å²) < 4.78 is 5.57. The molecule has 0 saturated heterocycles. The van der Waals surface area contributed by atoms with E-state index in [-0.39, 0.29) is 18.2 Å². The summed E-state index contributed by atoms with van der Waals surface area (Å²) in [5.74, 6) is 0.707. The summed E-state index contributed by atoms with van der Waals surface area (Å²) in [6, 6.07) is 0. The van der Waals surface area contributed by atoms with E-state index >= 15 is 0 Å². The van der Waals surface area contributed by atoms with Crippen molar-refractivity contribution < 1.29 is 14.3 Å². The Morgan fingerprint density at radius 2 is 1.81 bits per heavy atom. The average molecular weight is 438 g/mol. The molecule has 0 saturated carbocycles. The molecular formula is C28H39NO3. The third kappa shape index (κ3) is 13.3. The summed E-state index contributed by atoms with van der Waals surface area (Å²) in [6.07, 6.45) is 19.4. The van der Waals surface area contributed by atoms with E-state index in [1.807, 2.05) is 32.1 Å². The number of hydrogen-bond acceptors (Lipinski definition) is 4. The van der Waals surface area contributed by atoms with Crippen molar-refractivity contribution in [3.63, 3.8) is 0 Å². The number of ether oxygens (including phenoxy) is 1. The van der Waals surface area contributed by atoms with Crippen LogP contribution in [0.3, 0.4) is 0 Å². The molecule has 0 aliphatic carbocycles. The second-order valence-corrected chi connectivity index (χ2v) is 7.19. The van der Waals surface area contributed by atoms with Gasteiger partial charge in [0.2, 0.25) is 0 Å². The average Bonchev–Trinajstić information content (AvgIpc) is 2.80. The van der Waals surface area contributed by atoms with Crippen molar-refractivity contribution in [1.29, 1.82) is 0 Å². The Morgan fingerprint density at radius 3 is 2.38 bits per heavy atom. The highest BCUT2D eigenvalue weighted by Gasteiger charge is 2.13. The number of nitrogens with one attached hydrogen (secondary N) is 1. The molecule has 1 atom stereocenters. The maximum atomic E-state index is 12.4. The molecular weight excluding hydrogens is 398 g/mol. The molecule has 1 N–H and O–H groups in total. The first-order valence-corrected chi connectivity index (χ1v) is 11.1. The van der Waals surface area contributed by atoms with Gasteiger partial charge in [0.25, 0.3) is 0 Å². The topological polar surface area (TPSA) is 55.4 Å². The third-order valence-corrected chi connectivity index (χ3v) is 4.80. The quantitative estimate of drug-likeness (QED) is 0.124. The third-order valence-electron chi connectivity index (χ3n) is 4.80. The molecule has 0 rings (SSSR count). The van der Waals surface area contributed by atoms with Crippen LogP contribution in [0.5, 0.6) is 0 Å². The highest BCUT2D eigenvalue weighted by Crippen LogP contribution is 2.14. The monoisotopic (exact) mass is 437 g/mol. The number of carbonyl (C=O) groups excluding carboxylic acids is 2. The molecule has 4 nitrogen and oxygen atoms in total. The van der Waals surface area contributed by atoms with Crippen LogP contribution in [0, 0.1) is 5.92 Å². The van der Waals surface area contributed by atoms with Crippen molar-refractivity contribution in [2.45, 2.75) is 40.0 Å². The van der Waals surface area contributed by atoms with E-state index in [0.29, 0.717) is 23.7 Å². The molecule has 0 aromatic heterocycles. The van der Waals surface area contributed by atoms with Gasteiger partial charge in [0, 0.05) is 18.5 Å². The van der Waals surface area contributed by atoms with Gasteiger partial charge < -0.3 is 10.1 Å². The Bertz CT molecular complexity index is 778. The number of hydrogen-bond donors (Lipinski definition) is 1. The standard InChI is InChI=1S/C28H39NO3/c1-7-14-24(10-4)21-29-19-18-23(9-3)20-26(30)22-32-27(12-6)16-13-17-28(31)25(11-5)15-8-2/h7-8,10-17,23,29H,1,4,6,9,18-22H2,2-3,5H3/b15-8-,17-13+,24-14+,25-11+,27-16+. The van der Waals surface area contributed by atoms with Gasteiger partial charge in [-0.2, -0.15) is 0 Å². The molecule has 0 aliphatic heterocycles.